The Hall–Kier alpha value is -3.32. The van der Waals surface area contributed by atoms with E-state index in [1.165, 1.54) is 24.8 Å². The van der Waals surface area contributed by atoms with Crippen LogP contribution in [0.4, 0.5) is 18.9 Å². The molecular formula is C21H19F3N4O2S. The lowest BCUT2D eigenvalue weighted by Crippen LogP contribution is -2.18. The highest BCUT2D eigenvalue weighted by Gasteiger charge is 2.32. The number of thioether (sulfide) groups is 1. The molecule has 0 saturated carbocycles. The fraction of sp³-hybridized carbons (Fsp3) is 0.238. The van der Waals surface area contributed by atoms with E-state index in [4.69, 9.17) is 4.74 Å². The number of ether oxygens (including phenoxy) is 1. The average molecular weight is 448 g/mol. The first-order chi connectivity index (χ1) is 14.7. The molecule has 2 N–H and O–H groups in total. The molecule has 0 aliphatic carbocycles. The summed E-state index contributed by atoms with van der Waals surface area (Å²) in [6, 6.07) is 8.31. The third kappa shape index (κ3) is 5.24. The van der Waals surface area contributed by atoms with Crippen molar-refractivity contribution in [1.29, 1.82) is 0 Å². The van der Waals surface area contributed by atoms with Crippen LogP contribution in [0, 0.1) is 18.8 Å². The molecule has 0 bridgehead atoms. The van der Waals surface area contributed by atoms with E-state index >= 15 is 0 Å². The molecule has 0 unspecified atom stereocenters. The Morgan fingerprint density at radius 1 is 1.32 bits per heavy atom. The quantitative estimate of drug-likeness (QED) is 0.455. The summed E-state index contributed by atoms with van der Waals surface area (Å²) in [6.07, 6.45) is 1.53. The normalized spacial score (nSPS) is 11.0. The summed E-state index contributed by atoms with van der Waals surface area (Å²) in [6.45, 7) is 1.88. The van der Waals surface area contributed by atoms with E-state index in [-0.39, 0.29) is 34.9 Å². The molecule has 162 valence electrons. The molecule has 0 spiro atoms. The number of amides is 1. The number of halogens is 3. The second-order valence-corrected chi connectivity index (χ2v) is 7.40. The number of carbonyl (C=O) groups excluding carboxylic acids is 1. The Balaban J connectivity index is 1.87. The summed E-state index contributed by atoms with van der Waals surface area (Å²) in [5.74, 6) is 5.77. The van der Waals surface area contributed by atoms with Gasteiger partial charge in [-0.15, -0.1) is 0 Å². The molecule has 0 saturated heterocycles. The fourth-order valence-electron chi connectivity index (χ4n) is 2.87. The third-order valence-electron chi connectivity index (χ3n) is 4.28. The highest BCUT2D eigenvalue weighted by molar-refractivity contribution is 8.00. The monoisotopic (exact) mass is 448 g/mol. The average Bonchev–Trinajstić information content (AvgIpc) is 3.07. The van der Waals surface area contributed by atoms with Crippen LogP contribution in [-0.2, 0) is 0 Å². The first-order valence-corrected chi connectivity index (χ1v) is 9.91. The van der Waals surface area contributed by atoms with E-state index in [2.05, 4.69) is 27.5 Å². The number of aryl methyl sites for hydroxylation is 1. The van der Waals surface area contributed by atoms with Crippen LogP contribution in [0.25, 0.3) is 5.65 Å². The molecule has 0 aliphatic heterocycles. The zero-order valence-electron chi connectivity index (χ0n) is 16.9. The molecule has 0 aliphatic rings. The van der Waals surface area contributed by atoms with E-state index in [1.807, 2.05) is 0 Å². The standard InChI is InChI=1S/C21H19F3N4O2S/c1-13-6-5-11-28-18(13)27-15(20(28)31-21(22,23)24)7-4-10-26-16-12-14(19(29)25-2)8-9-17(16)30-3/h5-6,8-9,11-12,26H,10H2,1-3H3,(H,25,29). The Morgan fingerprint density at radius 3 is 2.77 bits per heavy atom. The van der Waals surface area contributed by atoms with Crippen molar-refractivity contribution in [3.05, 3.63) is 53.3 Å². The topological polar surface area (TPSA) is 67.7 Å². The number of fused-ring (bicyclic) bond motifs is 1. The SMILES string of the molecule is CNC(=O)c1ccc(OC)c(NCC#Cc2nc3c(C)cccn3c2SC(F)(F)F)c1. The number of aromatic nitrogens is 2. The van der Waals surface area contributed by atoms with Gasteiger partial charge in [0.2, 0.25) is 0 Å². The van der Waals surface area contributed by atoms with Crippen LogP contribution in [0.3, 0.4) is 0 Å². The lowest BCUT2D eigenvalue weighted by Gasteiger charge is -2.10. The summed E-state index contributed by atoms with van der Waals surface area (Å²) >= 11 is -0.247. The molecule has 1 amide bonds. The van der Waals surface area contributed by atoms with Crippen LogP contribution in [0.5, 0.6) is 5.75 Å². The number of carbonyl (C=O) groups is 1. The van der Waals surface area contributed by atoms with Crippen molar-refractivity contribution < 1.29 is 22.7 Å². The largest absolute Gasteiger partial charge is 0.495 e. The molecule has 3 rings (SSSR count). The van der Waals surface area contributed by atoms with Crippen LogP contribution in [0.2, 0.25) is 0 Å². The van der Waals surface area contributed by atoms with Crippen LogP contribution >= 0.6 is 11.8 Å². The summed E-state index contributed by atoms with van der Waals surface area (Å²) in [4.78, 5) is 16.1. The number of hydrogen-bond donors (Lipinski definition) is 2. The van der Waals surface area contributed by atoms with Gasteiger partial charge in [-0.1, -0.05) is 12.0 Å². The lowest BCUT2D eigenvalue weighted by atomic mass is 10.1. The number of anilines is 1. The Morgan fingerprint density at radius 2 is 2.10 bits per heavy atom. The van der Waals surface area contributed by atoms with Gasteiger partial charge in [0.15, 0.2) is 0 Å². The summed E-state index contributed by atoms with van der Waals surface area (Å²) in [5, 5.41) is 5.48. The second-order valence-electron chi connectivity index (χ2n) is 6.35. The maximum absolute atomic E-state index is 13.1. The Bertz CT molecular complexity index is 1180. The number of hydrogen-bond acceptors (Lipinski definition) is 5. The molecule has 6 nitrogen and oxygen atoms in total. The number of rotatable bonds is 5. The number of benzene rings is 1. The summed E-state index contributed by atoms with van der Waals surface area (Å²) < 4.78 is 45.9. The number of pyridine rings is 1. The van der Waals surface area contributed by atoms with Gasteiger partial charge in [0.25, 0.3) is 5.91 Å². The van der Waals surface area contributed by atoms with Crippen molar-refractivity contribution in [3.63, 3.8) is 0 Å². The molecule has 1 aromatic carbocycles. The predicted molar refractivity (Wildman–Crippen MR) is 114 cm³/mol. The van der Waals surface area contributed by atoms with Gasteiger partial charge in [0.05, 0.1) is 19.3 Å². The zero-order valence-corrected chi connectivity index (χ0v) is 17.7. The zero-order chi connectivity index (χ0) is 22.6. The number of nitrogens with zero attached hydrogens (tertiary/aromatic N) is 2. The van der Waals surface area contributed by atoms with Crippen LogP contribution in [0.15, 0.2) is 41.6 Å². The second kappa shape index (κ2) is 9.22. The molecule has 31 heavy (non-hydrogen) atoms. The Labute approximate surface area is 181 Å². The van der Waals surface area contributed by atoms with Gasteiger partial charge in [-0.3, -0.25) is 9.20 Å². The van der Waals surface area contributed by atoms with Gasteiger partial charge in [0.1, 0.15) is 22.1 Å². The lowest BCUT2D eigenvalue weighted by molar-refractivity contribution is -0.0330. The van der Waals surface area contributed by atoms with E-state index in [1.54, 1.807) is 37.3 Å². The summed E-state index contributed by atoms with van der Waals surface area (Å²) in [5.41, 5.74) is -2.29. The van der Waals surface area contributed by atoms with Crippen molar-refractivity contribution in [3.8, 4) is 17.6 Å². The molecule has 0 fully saturated rings. The first-order valence-electron chi connectivity index (χ1n) is 9.09. The minimum Gasteiger partial charge on any atom is -0.495 e. The number of methoxy groups -OCH3 is 1. The molecule has 2 aromatic heterocycles. The van der Waals surface area contributed by atoms with Gasteiger partial charge in [0, 0.05) is 30.6 Å². The van der Waals surface area contributed by atoms with Crippen LogP contribution in [-0.4, -0.2) is 41.5 Å². The van der Waals surface area contributed by atoms with Gasteiger partial charge >= 0.3 is 5.51 Å². The molecule has 10 heteroatoms. The van der Waals surface area contributed by atoms with Gasteiger partial charge in [-0.05, 0) is 42.7 Å². The number of nitrogens with one attached hydrogen (secondary N) is 2. The highest BCUT2D eigenvalue weighted by Crippen LogP contribution is 2.39. The van der Waals surface area contributed by atoms with E-state index in [0.717, 1.165) is 5.56 Å². The molecule has 2 heterocycles. The van der Waals surface area contributed by atoms with Crippen molar-refractivity contribution in [2.24, 2.45) is 0 Å². The molecule has 3 aromatic rings. The van der Waals surface area contributed by atoms with Crippen molar-refractivity contribution in [1.82, 2.24) is 14.7 Å². The van der Waals surface area contributed by atoms with Crippen LogP contribution in [0.1, 0.15) is 21.6 Å². The van der Waals surface area contributed by atoms with E-state index in [9.17, 15) is 18.0 Å². The van der Waals surface area contributed by atoms with Crippen molar-refractivity contribution >= 4 is 29.0 Å². The Kier molecular flexibility index (Phi) is 6.65. The van der Waals surface area contributed by atoms with Crippen LogP contribution < -0.4 is 15.4 Å². The molecule has 0 radical (unpaired) electrons. The maximum atomic E-state index is 13.1. The number of imidazole rings is 1. The van der Waals surface area contributed by atoms with E-state index in [0.29, 0.717) is 22.6 Å². The van der Waals surface area contributed by atoms with Gasteiger partial charge < -0.3 is 15.4 Å². The van der Waals surface area contributed by atoms with E-state index < -0.39 is 5.51 Å². The predicted octanol–water partition coefficient (Wildman–Crippen LogP) is 4.09. The molecule has 0 atom stereocenters. The molecular weight excluding hydrogens is 429 g/mol. The van der Waals surface area contributed by atoms with Crippen molar-refractivity contribution in [2.75, 3.05) is 26.0 Å². The first kappa shape index (κ1) is 22.4. The minimum atomic E-state index is -4.47. The van der Waals surface area contributed by atoms with Crippen molar-refractivity contribution in [2.45, 2.75) is 17.5 Å². The summed E-state index contributed by atoms with van der Waals surface area (Å²) in [7, 11) is 3.02. The highest BCUT2D eigenvalue weighted by atomic mass is 32.2. The fourth-order valence-corrected chi connectivity index (χ4v) is 3.53. The maximum Gasteiger partial charge on any atom is 0.447 e. The smallest absolute Gasteiger partial charge is 0.447 e. The minimum absolute atomic E-state index is 0.0458. The van der Waals surface area contributed by atoms with Gasteiger partial charge in [-0.2, -0.15) is 13.2 Å². The van der Waals surface area contributed by atoms with Gasteiger partial charge in [-0.25, -0.2) is 4.98 Å². The third-order valence-corrected chi connectivity index (χ3v) is 5.09. The number of alkyl halides is 3.